The van der Waals surface area contributed by atoms with E-state index < -0.39 is 4.92 Å². The second kappa shape index (κ2) is 8.56. The number of hydrogen-bond acceptors (Lipinski definition) is 6. The molecule has 2 amide bonds. The van der Waals surface area contributed by atoms with Crippen molar-refractivity contribution >= 4 is 23.2 Å². The van der Waals surface area contributed by atoms with Crippen LogP contribution in [-0.4, -0.2) is 53.9 Å². The maximum Gasteiger partial charge on any atom is 0.293 e. The van der Waals surface area contributed by atoms with Gasteiger partial charge < -0.3 is 19.5 Å². The molecule has 3 rings (SSSR count). The normalized spacial score (nSPS) is 14.2. The summed E-state index contributed by atoms with van der Waals surface area (Å²) in [4.78, 5) is 39.7. The summed E-state index contributed by atoms with van der Waals surface area (Å²) >= 11 is 0. The van der Waals surface area contributed by atoms with Gasteiger partial charge in [0, 0.05) is 43.9 Å². The molecule has 160 valence electrons. The highest BCUT2D eigenvalue weighted by Gasteiger charge is 2.28. The number of nitrogens with zero attached hydrogens (tertiary/aromatic N) is 3. The molecule has 0 atom stereocenters. The van der Waals surface area contributed by atoms with E-state index in [0.29, 0.717) is 49.0 Å². The predicted molar refractivity (Wildman–Crippen MR) is 112 cm³/mol. The van der Waals surface area contributed by atoms with E-state index in [-0.39, 0.29) is 29.1 Å². The number of benzene rings is 1. The van der Waals surface area contributed by atoms with Gasteiger partial charge in [0.25, 0.3) is 17.5 Å². The molecule has 2 heterocycles. The predicted octanol–water partition coefficient (Wildman–Crippen LogP) is 2.91. The average Bonchev–Trinajstić information content (AvgIpc) is 3.04. The third kappa shape index (κ3) is 4.45. The minimum Gasteiger partial charge on any atom is -0.466 e. The zero-order chi connectivity index (χ0) is 22.0. The highest BCUT2D eigenvalue weighted by Crippen LogP contribution is 2.30. The molecule has 1 fully saturated rings. The molecule has 1 N–H and O–H groups in total. The first-order chi connectivity index (χ1) is 14.2. The van der Waals surface area contributed by atoms with Crippen molar-refractivity contribution in [2.24, 2.45) is 0 Å². The number of rotatable bonds is 5. The molecule has 1 aliphatic heterocycles. The van der Waals surface area contributed by atoms with E-state index >= 15 is 0 Å². The van der Waals surface area contributed by atoms with E-state index in [1.54, 1.807) is 36.9 Å². The molecular weight excluding hydrogens is 388 g/mol. The molecule has 1 aromatic carbocycles. The van der Waals surface area contributed by atoms with Crippen LogP contribution >= 0.6 is 0 Å². The molecule has 2 aromatic rings. The largest absolute Gasteiger partial charge is 0.466 e. The topological polar surface area (TPSA) is 109 Å². The SMILES string of the molecule is Cc1cc(C(=O)N2CCN(c3ccc(C(=O)NC(C)C)cc3[N+](=O)[O-])CC2)c(C)o1. The van der Waals surface area contributed by atoms with Crippen LogP contribution in [0.5, 0.6) is 0 Å². The number of nitro groups is 1. The molecule has 0 radical (unpaired) electrons. The van der Waals surface area contributed by atoms with Crippen LogP contribution in [0.2, 0.25) is 0 Å². The standard InChI is InChI=1S/C21H26N4O5/c1-13(2)22-20(26)16-5-6-18(19(12-16)25(28)29)23-7-9-24(10-8-23)21(27)17-11-14(3)30-15(17)4/h5-6,11-13H,7-10H2,1-4H3,(H,22,26). The van der Waals surface area contributed by atoms with E-state index in [1.807, 2.05) is 18.7 Å². The molecule has 1 aliphatic rings. The van der Waals surface area contributed by atoms with Crippen LogP contribution in [0.1, 0.15) is 46.1 Å². The summed E-state index contributed by atoms with van der Waals surface area (Å²) < 4.78 is 5.45. The monoisotopic (exact) mass is 414 g/mol. The van der Waals surface area contributed by atoms with Gasteiger partial charge in [-0.25, -0.2) is 0 Å². The van der Waals surface area contributed by atoms with Crippen molar-refractivity contribution in [1.82, 2.24) is 10.2 Å². The average molecular weight is 414 g/mol. The number of hydrogen-bond donors (Lipinski definition) is 1. The number of nitro benzene ring substituents is 1. The molecule has 0 spiro atoms. The summed E-state index contributed by atoms with van der Waals surface area (Å²) in [5.41, 5.74) is 1.13. The maximum atomic E-state index is 12.8. The minimum absolute atomic E-state index is 0.0653. The van der Waals surface area contributed by atoms with E-state index in [1.165, 1.54) is 6.07 Å². The molecule has 9 nitrogen and oxygen atoms in total. The van der Waals surface area contributed by atoms with Crippen molar-refractivity contribution in [2.75, 3.05) is 31.1 Å². The Bertz CT molecular complexity index is 974. The van der Waals surface area contributed by atoms with E-state index in [0.717, 1.165) is 0 Å². The summed E-state index contributed by atoms with van der Waals surface area (Å²) in [7, 11) is 0. The number of amides is 2. The molecule has 0 unspecified atom stereocenters. The van der Waals surface area contributed by atoms with Crippen molar-refractivity contribution in [3.63, 3.8) is 0 Å². The lowest BCUT2D eigenvalue weighted by Crippen LogP contribution is -2.49. The Morgan fingerprint density at radius 3 is 2.33 bits per heavy atom. The molecule has 0 aliphatic carbocycles. The lowest BCUT2D eigenvalue weighted by molar-refractivity contribution is -0.384. The van der Waals surface area contributed by atoms with Crippen LogP contribution < -0.4 is 10.2 Å². The van der Waals surface area contributed by atoms with Gasteiger partial charge in [-0.2, -0.15) is 0 Å². The van der Waals surface area contributed by atoms with E-state index in [2.05, 4.69) is 5.32 Å². The van der Waals surface area contributed by atoms with Gasteiger partial charge in [0.15, 0.2) is 0 Å². The number of anilines is 1. The zero-order valence-electron chi connectivity index (χ0n) is 17.6. The first-order valence-electron chi connectivity index (χ1n) is 9.88. The van der Waals surface area contributed by atoms with Gasteiger partial charge in [-0.3, -0.25) is 19.7 Å². The maximum absolute atomic E-state index is 12.8. The van der Waals surface area contributed by atoms with Crippen LogP contribution in [0.3, 0.4) is 0 Å². The lowest BCUT2D eigenvalue weighted by Gasteiger charge is -2.35. The van der Waals surface area contributed by atoms with Gasteiger partial charge in [0.1, 0.15) is 17.2 Å². The van der Waals surface area contributed by atoms with Crippen molar-refractivity contribution in [1.29, 1.82) is 0 Å². The van der Waals surface area contributed by atoms with Crippen molar-refractivity contribution in [3.05, 3.63) is 57.0 Å². The summed E-state index contributed by atoms with van der Waals surface area (Å²) in [6.07, 6.45) is 0. The lowest BCUT2D eigenvalue weighted by atomic mass is 10.1. The molecule has 0 bridgehead atoms. The summed E-state index contributed by atoms with van der Waals surface area (Å²) in [6, 6.07) is 6.17. The third-order valence-electron chi connectivity index (χ3n) is 5.03. The summed E-state index contributed by atoms with van der Waals surface area (Å²) in [6.45, 7) is 9.01. The highest BCUT2D eigenvalue weighted by molar-refractivity contribution is 5.96. The summed E-state index contributed by atoms with van der Waals surface area (Å²) in [5, 5.41) is 14.4. The Hall–Kier alpha value is -3.36. The second-order valence-electron chi connectivity index (χ2n) is 7.69. The van der Waals surface area contributed by atoms with Crippen LogP contribution in [-0.2, 0) is 0 Å². The number of piperazine rings is 1. The van der Waals surface area contributed by atoms with Crippen molar-refractivity contribution in [3.8, 4) is 0 Å². The Balaban J connectivity index is 1.74. The number of furan rings is 1. The zero-order valence-corrected chi connectivity index (χ0v) is 17.6. The first-order valence-corrected chi connectivity index (χ1v) is 9.88. The number of aryl methyl sites for hydroxylation is 2. The summed E-state index contributed by atoms with van der Waals surface area (Å²) in [5.74, 6) is 0.831. The molecule has 1 saturated heterocycles. The quantitative estimate of drug-likeness (QED) is 0.595. The number of carbonyl (C=O) groups is 2. The molecule has 30 heavy (non-hydrogen) atoms. The Morgan fingerprint density at radius 1 is 1.13 bits per heavy atom. The van der Waals surface area contributed by atoms with Gasteiger partial charge in [0.05, 0.1) is 10.5 Å². The fourth-order valence-electron chi connectivity index (χ4n) is 3.59. The second-order valence-corrected chi connectivity index (χ2v) is 7.69. The van der Waals surface area contributed by atoms with Gasteiger partial charge in [-0.15, -0.1) is 0 Å². The van der Waals surface area contributed by atoms with Crippen molar-refractivity contribution in [2.45, 2.75) is 33.7 Å². The Labute approximate surface area is 174 Å². The van der Waals surface area contributed by atoms with Gasteiger partial charge in [-0.05, 0) is 45.9 Å². The van der Waals surface area contributed by atoms with E-state index in [9.17, 15) is 19.7 Å². The Kier molecular flexibility index (Phi) is 6.09. The fraction of sp³-hybridized carbons (Fsp3) is 0.429. The highest BCUT2D eigenvalue weighted by atomic mass is 16.6. The van der Waals surface area contributed by atoms with Crippen LogP contribution in [0.25, 0.3) is 0 Å². The van der Waals surface area contributed by atoms with Gasteiger partial charge >= 0.3 is 0 Å². The molecular formula is C21H26N4O5. The van der Waals surface area contributed by atoms with Crippen molar-refractivity contribution < 1.29 is 18.9 Å². The van der Waals surface area contributed by atoms with E-state index in [4.69, 9.17) is 4.42 Å². The fourth-order valence-corrected chi connectivity index (χ4v) is 3.59. The minimum atomic E-state index is -0.476. The smallest absolute Gasteiger partial charge is 0.293 e. The molecule has 9 heteroatoms. The van der Waals surface area contributed by atoms with Gasteiger partial charge in [-0.1, -0.05) is 0 Å². The number of carbonyl (C=O) groups excluding carboxylic acids is 2. The van der Waals surface area contributed by atoms with Crippen LogP contribution in [0.15, 0.2) is 28.7 Å². The van der Waals surface area contributed by atoms with Crippen LogP contribution in [0.4, 0.5) is 11.4 Å². The van der Waals surface area contributed by atoms with Gasteiger partial charge in [0.2, 0.25) is 0 Å². The molecule has 0 saturated carbocycles. The third-order valence-corrected chi connectivity index (χ3v) is 5.03. The van der Waals surface area contributed by atoms with Crippen LogP contribution in [0, 0.1) is 24.0 Å². The molecule has 1 aromatic heterocycles. The first kappa shape index (κ1) is 21.4. The Morgan fingerprint density at radius 2 is 1.80 bits per heavy atom. The number of nitrogens with one attached hydrogen (secondary N) is 1.